The lowest BCUT2D eigenvalue weighted by atomic mass is 9.90. The molecule has 32 heavy (non-hydrogen) atoms. The minimum Gasteiger partial charge on any atom is -0.394 e. The molecular weight excluding hydrogens is 430 g/mol. The predicted molar refractivity (Wildman–Crippen MR) is 109 cm³/mol. The molecule has 6 unspecified atom stereocenters. The van der Waals surface area contributed by atoms with Gasteiger partial charge in [0.2, 0.25) is 0 Å². The van der Waals surface area contributed by atoms with Crippen molar-refractivity contribution in [1.29, 1.82) is 0 Å². The zero-order valence-electron chi connectivity index (χ0n) is 19.4. The molecule has 0 bridgehead atoms. The van der Waals surface area contributed by atoms with Crippen LogP contribution in [0.1, 0.15) is 6.92 Å². The van der Waals surface area contributed by atoms with Gasteiger partial charge < -0.3 is 58.8 Å². The molecule has 190 valence electrons. The van der Waals surface area contributed by atoms with Crippen molar-refractivity contribution in [3.05, 3.63) is 0 Å². The summed E-state index contributed by atoms with van der Waals surface area (Å²) in [5.74, 6) is -0.509. The van der Waals surface area contributed by atoms with Gasteiger partial charge in [0.25, 0.3) is 0 Å². The molecule has 2 fully saturated rings. The second kappa shape index (κ2) is 11.8. The van der Waals surface area contributed by atoms with Crippen LogP contribution in [0.2, 0.25) is 0 Å². The van der Waals surface area contributed by atoms with Crippen LogP contribution < -0.4 is 0 Å². The lowest BCUT2D eigenvalue weighted by molar-refractivity contribution is -0.873. The van der Waals surface area contributed by atoms with Crippen molar-refractivity contribution in [2.24, 2.45) is 5.92 Å². The Kier molecular flexibility index (Phi) is 10.2. The third-order valence-corrected chi connectivity index (χ3v) is 5.76. The zero-order valence-corrected chi connectivity index (χ0v) is 19.4. The van der Waals surface area contributed by atoms with E-state index in [9.17, 15) is 30.6 Å². The molecule has 12 nitrogen and oxygen atoms in total. The van der Waals surface area contributed by atoms with Crippen molar-refractivity contribution < 1.29 is 58.8 Å². The van der Waals surface area contributed by atoms with E-state index in [4.69, 9.17) is 23.7 Å². The van der Waals surface area contributed by atoms with Gasteiger partial charge in [0.05, 0.1) is 53.2 Å². The first kappa shape index (κ1) is 27.8. The van der Waals surface area contributed by atoms with E-state index in [1.54, 1.807) is 6.92 Å². The Morgan fingerprint density at radius 1 is 0.906 bits per heavy atom. The van der Waals surface area contributed by atoms with E-state index in [0.29, 0.717) is 11.0 Å². The number of aliphatic hydroxyl groups is 6. The van der Waals surface area contributed by atoms with Crippen LogP contribution in [0.3, 0.4) is 0 Å². The zero-order chi connectivity index (χ0) is 24.2. The SMILES string of the molecule is CO[C@@H]1OC(CO)[C@@H](O[C@@H]2OC(COCC(O)C[N+](C)(C)C)[C@@H](C)C(O)C2O)[C@H](O)C1O. The van der Waals surface area contributed by atoms with E-state index in [2.05, 4.69) is 0 Å². The largest absolute Gasteiger partial charge is 0.394 e. The number of aliphatic hydroxyl groups excluding tert-OH is 6. The Morgan fingerprint density at radius 3 is 2.06 bits per heavy atom. The average Bonchev–Trinajstić information content (AvgIpc) is 2.71. The van der Waals surface area contributed by atoms with Gasteiger partial charge in [-0.25, -0.2) is 0 Å². The van der Waals surface area contributed by atoms with Gasteiger partial charge in [0.15, 0.2) is 12.6 Å². The Bertz CT molecular complexity index is 560. The van der Waals surface area contributed by atoms with E-state index in [1.807, 2.05) is 21.1 Å². The smallest absolute Gasteiger partial charge is 0.187 e. The highest BCUT2D eigenvalue weighted by Gasteiger charge is 2.50. The molecule has 6 N–H and O–H groups in total. The van der Waals surface area contributed by atoms with Crippen LogP contribution in [0.25, 0.3) is 0 Å². The van der Waals surface area contributed by atoms with Crippen LogP contribution in [0.4, 0.5) is 0 Å². The molecule has 0 radical (unpaired) electrons. The van der Waals surface area contributed by atoms with E-state index < -0.39 is 73.9 Å². The summed E-state index contributed by atoms with van der Waals surface area (Å²) in [6.45, 7) is 1.72. The quantitative estimate of drug-likeness (QED) is 0.176. The molecule has 0 amide bonds. The molecule has 0 saturated carbocycles. The Balaban J connectivity index is 2.00. The molecule has 11 atom stereocenters. The first-order chi connectivity index (χ1) is 14.9. The van der Waals surface area contributed by atoms with Crippen LogP contribution in [0, 0.1) is 5.92 Å². The average molecular weight is 471 g/mol. The summed E-state index contributed by atoms with van der Waals surface area (Å²) in [4.78, 5) is 0. The summed E-state index contributed by atoms with van der Waals surface area (Å²) in [6, 6.07) is 0. The molecule has 0 aromatic rings. The summed E-state index contributed by atoms with van der Waals surface area (Å²) >= 11 is 0. The van der Waals surface area contributed by atoms with Gasteiger partial charge in [-0.3, -0.25) is 0 Å². The van der Waals surface area contributed by atoms with Crippen LogP contribution in [-0.4, -0.2) is 151 Å². The second-order valence-electron chi connectivity index (χ2n) is 9.59. The first-order valence-electron chi connectivity index (χ1n) is 10.8. The molecule has 0 aliphatic carbocycles. The Morgan fingerprint density at radius 2 is 1.50 bits per heavy atom. The van der Waals surface area contributed by atoms with Crippen molar-refractivity contribution in [2.75, 3.05) is 54.6 Å². The second-order valence-corrected chi connectivity index (χ2v) is 9.59. The topological polar surface area (TPSA) is 168 Å². The summed E-state index contributed by atoms with van der Waals surface area (Å²) in [7, 11) is 7.13. The molecule has 12 heteroatoms. The maximum Gasteiger partial charge on any atom is 0.187 e. The minimum atomic E-state index is -1.50. The lowest BCUT2D eigenvalue weighted by Crippen LogP contribution is -2.63. The monoisotopic (exact) mass is 470 g/mol. The highest BCUT2D eigenvalue weighted by atomic mass is 16.7. The van der Waals surface area contributed by atoms with Crippen LogP contribution in [0.5, 0.6) is 0 Å². The molecule has 2 aliphatic heterocycles. The molecule has 2 heterocycles. The van der Waals surface area contributed by atoms with Crippen LogP contribution >= 0.6 is 0 Å². The fourth-order valence-electron chi connectivity index (χ4n) is 3.95. The predicted octanol–water partition coefficient (Wildman–Crippen LogP) is -3.38. The van der Waals surface area contributed by atoms with Gasteiger partial charge in [-0.2, -0.15) is 0 Å². The van der Waals surface area contributed by atoms with Crippen molar-refractivity contribution in [1.82, 2.24) is 0 Å². The third-order valence-electron chi connectivity index (χ3n) is 5.76. The number of quaternary nitrogens is 1. The summed E-state index contributed by atoms with van der Waals surface area (Å²) < 4.78 is 28.0. The number of rotatable bonds is 10. The molecule has 2 saturated heterocycles. The van der Waals surface area contributed by atoms with Gasteiger partial charge in [0.1, 0.15) is 43.2 Å². The van der Waals surface area contributed by atoms with Crippen LogP contribution in [-0.2, 0) is 23.7 Å². The Labute approximate surface area is 188 Å². The van der Waals surface area contributed by atoms with Crippen molar-refractivity contribution >= 4 is 0 Å². The van der Waals surface area contributed by atoms with Gasteiger partial charge in [0, 0.05) is 13.0 Å². The van der Waals surface area contributed by atoms with Gasteiger partial charge >= 0.3 is 0 Å². The number of hydrogen-bond donors (Lipinski definition) is 6. The van der Waals surface area contributed by atoms with Gasteiger partial charge in [-0.1, -0.05) is 6.92 Å². The van der Waals surface area contributed by atoms with Crippen LogP contribution in [0.15, 0.2) is 0 Å². The van der Waals surface area contributed by atoms with E-state index >= 15 is 0 Å². The standard InChI is InChI=1S/C20H40NO11/c1-10-13(9-29-8-11(23)6-21(2,3)4)31-20(16(26)14(10)24)32-18-12(7-22)30-19(28-5)17(27)15(18)25/h10-20,22-27H,6-9H2,1-5H3/q+1/t10-,11?,12?,13?,14?,15-,16?,17?,18-,19-,20+/m1/s1. The molecule has 0 spiro atoms. The van der Waals surface area contributed by atoms with E-state index in [0.717, 1.165) is 0 Å². The molecule has 2 rings (SSSR count). The van der Waals surface area contributed by atoms with Crippen molar-refractivity contribution in [3.63, 3.8) is 0 Å². The van der Waals surface area contributed by atoms with Gasteiger partial charge in [-0.15, -0.1) is 0 Å². The Hall–Kier alpha value is -0.480. The first-order valence-corrected chi connectivity index (χ1v) is 10.8. The molecule has 0 aromatic carbocycles. The number of likely N-dealkylation sites (N-methyl/N-ethyl adjacent to an activating group) is 1. The summed E-state index contributed by atoms with van der Waals surface area (Å²) in [5, 5.41) is 61.2. The number of hydrogen-bond acceptors (Lipinski definition) is 11. The number of methoxy groups -OCH3 is 1. The van der Waals surface area contributed by atoms with E-state index in [-0.39, 0.29) is 13.2 Å². The minimum absolute atomic E-state index is 0.0283. The molecule has 0 aromatic heterocycles. The number of nitrogens with zero attached hydrogens (tertiary/aromatic N) is 1. The number of ether oxygens (including phenoxy) is 5. The molecule has 2 aliphatic rings. The molecular formula is C20H40NO11+. The van der Waals surface area contributed by atoms with Crippen molar-refractivity contribution in [2.45, 2.75) is 68.3 Å². The van der Waals surface area contributed by atoms with Gasteiger partial charge in [-0.05, 0) is 0 Å². The fourth-order valence-corrected chi connectivity index (χ4v) is 3.95. The maximum atomic E-state index is 10.5. The lowest BCUT2D eigenvalue weighted by Gasteiger charge is -2.46. The highest BCUT2D eigenvalue weighted by molar-refractivity contribution is 4.93. The fraction of sp³-hybridized carbons (Fsp3) is 1.00. The van der Waals surface area contributed by atoms with E-state index in [1.165, 1.54) is 7.11 Å². The van der Waals surface area contributed by atoms with Crippen molar-refractivity contribution in [3.8, 4) is 0 Å². The summed E-state index contributed by atoms with van der Waals surface area (Å²) in [6.07, 6.45) is -11.9. The maximum absolute atomic E-state index is 10.5. The third kappa shape index (κ3) is 7.01. The normalized spacial score (nSPS) is 42.1. The highest BCUT2D eigenvalue weighted by Crippen LogP contribution is 2.31. The summed E-state index contributed by atoms with van der Waals surface area (Å²) in [5.41, 5.74) is 0.